The average Bonchev–Trinajstić information content (AvgIpc) is 2.31. The van der Waals surface area contributed by atoms with E-state index in [1.807, 2.05) is 27.7 Å². The fourth-order valence-corrected chi connectivity index (χ4v) is 5.09. The first kappa shape index (κ1) is 21.8. The molecule has 0 radical (unpaired) electrons. The first-order chi connectivity index (χ1) is 9.71. The lowest BCUT2D eigenvalue weighted by molar-refractivity contribution is -0.142. The van der Waals surface area contributed by atoms with Crippen LogP contribution in [0.4, 0.5) is 0 Å². The molecule has 23 heavy (non-hydrogen) atoms. The molecule has 9 heteroatoms. The standard InChI is InChI=1S/C14H25N3O4S.H2O/c1-12(2)10(13(3,4)22-12)17-11(21)14(5,16)9(20)7(15)6-8(18)19;/h7,10H,6,15-16H2,1-5H3,(H,17,21)(H,18,19);1H2/t7-,14-;/m0./s1. The van der Waals surface area contributed by atoms with E-state index in [1.165, 1.54) is 6.92 Å². The van der Waals surface area contributed by atoms with Crippen molar-refractivity contribution in [3.8, 4) is 0 Å². The van der Waals surface area contributed by atoms with Gasteiger partial charge in [-0.25, -0.2) is 0 Å². The number of hydrogen-bond donors (Lipinski definition) is 4. The van der Waals surface area contributed by atoms with Gasteiger partial charge in [-0.15, -0.1) is 11.8 Å². The summed E-state index contributed by atoms with van der Waals surface area (Å²) < 4.78 is -0.330. The van der Waals surface area contributed by atoms with Gasteiger partial charge in [0.2, 0.25) is 5.91 Å². The van der Waals surface area contributed by atoms with Crippen LogP contribution in [0.2, 0.25) is 0 Å². The lowest BCUT2D eigenvalue weighted by Crippen LogP contribution is -2.71. The molecule has 1 heterocycles. The molecule has 0 saturated carbocycles. The molecule has 1 aliphatic heterocycles. The predicted molar refractivity (Wildman–Crippen MR) is 89.1 cm³/mol. The van der Waals surface area contributed by atoms with Crippen LogP contribution in [0.15, 0.2) is 0 Å². The zero-order valence-corrected chi connectivity index (χ0v) is 14.9. The van der Waals surface area contributed by atoms with Crippen LogP contribution >= 0.6 is 11.8 Å². The molecule has 1 rings (SSSR count). The van der Waals surface area contributed by atoms with E-state index in [4.69, 9.17) is 16.6 Å². The van der Waals surface area contributed by atoms with Crippen molar-refractivity contribution in [2.24, 2.45) is 11.5 Å². The van der Waals surface area contributed by atoms with E-state index in [-0.39, 0.29) is 21.0 Å². The Balaban J connectivity index is 0.00000484. The SMILES string of the molecule is CC1(C)SC(C)(C)C1NC(=O)[C@@](C)(N)C(=O)[C@@H](N)CC(=O)O.O. The number of amides is 1. The van der Waals surface area contributed by atoms with Gasteiger partial charge in [0.1, 0.15) is 0 Å². The molecule has 0 aromatic rings. The summed E-state index contributed by atoms with van der Waals surface area (Å²) in [6, 6.07) is -1.46. The second-order valence-corrected chi connectivity index (χ2v) is 9.29. The number of rotatable bonds is 6. The fraction of sp³-hybridized carbons (Fsp3) is 0.786. The van der Waals surface area contributed by atoms with E-state index < -0.39 is 35.7 Å². The van der Waals surface area contributed by atoms with E-state index >= 15 is 0 Å². The van der Waals surface area contributed by atoms with E-state index in [0.29, 0.717) is 0 Å². The molecule has 0 aromatic heterocycles. The second kappa shape index (κ2) is 6.76. The minimum atomic E-state index is -1.86. The molecule has 8 nitrogen and oxygen atoms in total. The van der Waals surface area contributed by atoms with Gasteiger partial charge in [-0.05, 0) is 34.6 Å². The van der Waals surface area contributed by atoms with Crippen molar-refractivity contribution in [2.45, 2.75) is 68.2 Å². The Bertz CT molecular complexity index is 491. The number of hydrogen-bond acceptors (Lipinski definition) is 6. The van der Waals surface area contributed by atoms with Gasteiger partial charge < -0.3 is 27.4 Å². The third kappa shape index (κ3) is 4.43. The van der Waals surface area contributed by atoms with Crippen molar-refractivity contribution in [1.29, 1.82) is 0 Å². The van der Waals surface area contributed by atoms with Crippen molar-refractivity contribution in [1.82, 2.24) is 5.32 Å². The maximum atomic E-state index is 12.4. The quantitative estimate of drug-likeness (QED) is 0.448. The molecule has 1 fully saturated rings. The Morgan fingerprint density at radius 2 is 1.70 bits per heavy atom. The molecular formula is C14H27N3O5S. The molecule has 0 spiro atoms. The van der Waals surface area contributed by atoms with Gasteiger partial charge in [0.05, 0.1) is 18.5 Å². The zero-order valence-electron chi connectivity index (χ0n) is 14.1. The molecule has 134 valence electrons. The zero-order chi connectivity index (χ0) is 17.5. The molecule has 0 unspecified atom stereocenters. The highest BCUT2D eigenvalue weighted by Crippen LogP contribution is 2.54. The van der Waals surface area contributed by atoms with Crippen molar-refractivity contribution in [3.05, 3.63) is 0 Å². The lowest BCUT2D eigenvalue weighted by Gasteiger charge is -2.57. The highest BCUT2D eigenvalue weighted by molar-refractivity contribution is 8.03. The van der Waals surface area contributed by atoms with Gasteiger partial charge in [-0.1, -0.05) is 0 Å². The lowest BCUT2D eigenvalue weighted by atomic mass is 9.86. The molecule has 0 aromatic carbocycles. The summed E-state index contributed by atoms with van der Waals surface area (Å²) in [4.78, 5) is 35.2. The number of nitrogens with one attached hydrogen (secondary N) is 1. The average molecular weight is 349 g/mol. The highest BCUT2D eigenvalue weighted by Gasteiger charge is 2.56. The van der Waals surface area contributed by atoms with Gasteiger partial charge in [-0.2, -0.15) is 0 Å². The fourth-order valence-electron chi connectivity index (χ4n) is 2.98. The van der Waals surface area contributed by atoms with Crippen LogP contribution in [0, 0.1) is 0 Å². The van der Waals surface area contributed by atoms with Gasteiger partial charge in [0, 0.05) is 9.49 Å². The van der Waals surface area contributed by atoms with Crippen LogP contribution in [-0.2, 0) is 14.4 Å². The van der Waals surface area contributed by atoms with Crippen LogP contribution < -0.4 is 16.8 Å². The Hall–Kier alpha value is -1.16. The van der Waals surface area contributed by atoms with Crippen LogP contribution in [-0.4, -0.2) is 55.4 Å². The minimum absolute atomic E-state index is 0. The molecule has 0 bridgehead atoms. The van der Waals surface area contributed by atoms with Gasteiger partial charge in [0.15, 0.2) is 11.3 Å². The Morgan fingerprint density at radius 1 is 1.26 bits per heavy atom. The summed E-state index contributed by atoms with van der Waals surface area (Å²) in [5.41, 5.74) is 9.51. The minimum Gasteiger partial charge on any atom is -0.481 e. The number of nitrogens with two attached hydrogens (primary N) is 2. The largest absolute Gasteiger partial charge is 0.481 e. The number of carboxylic acids is 1. The second-order valence-electron chi connectivity index (χ2n) is 6.99. The molecule has 1 saturated heterocycles. The Kier molecular flexibility index (Phi) is 6.42. The summed E-state index contributed by atoms with van der Waals surface area (Å²) in [6.45, 7) is 9.26. The summed E-state index contributed by atoms with van der Waals surface area (Å²) in [5.74, 6) is -2.63. The van der Waals surface area contributed by atoms with Crippen LogP contribution in [0.5, 0.6) is 0 Å². The Morgan fingerprint density at radius 3 is 2.04 bits per heavy atom. The van der Waals surface area contributed by atoms with E-state index in [2.05, 4.69) is 5.32 Å². The maximum absolute atomic E-state index is 12.4. The predicted octanol–water partition coefficient (Wildman–Crippen LogP) is -0.961. The van der Waals surface area contributed by atoms with Crippen molar-refractivity contribution < 1.29 is 25.0 Å². The monoisotopic (exact) mass is 349 g/mol. The van der Waals surface area contributed by atoms with E-state index in [0.717, 1.165) is 0 Å². The number of aliphatic carboxylic acids is 1. The normalized spacial score (nSPS) is 22.7. The van der Waals surface area contributed by atoms with Crippen molar-refractivity contribution in [3.63, 3.8) is 0 Å². The molecule has 1 amide bonds. The van der Waals surface area contributed by atoms with Gasteiger partial charge in [-0.3, -0.25) is 14.4 Å². The number of carbonyl (C=O) groups excluding carboxylic acids is 2. The number of thioether (sulfide) groups is 1. The topological polar surface area (TPSA) is 167 Å². The summed E-state index contributed by atoms with van der Waals surface area (Å²) in [6.07, 6.45) is -0.560. The van der Waals surface area contributed by atoms with Crippen molar-refractivity contribution in [2.75, 3.05) is 0 Å². The van der Waals surface area contributed by atoms with Crippen LogP contribution in [0.3, 0.4) is 0 Å². The van der Waals surface area contributed by atoms with Crippen LogP contribution in [0.25, 0.3) is 0 Å². The van der Waals surface area contributed by atoms with E-state index in [9.17, 15) is 14.4 Å². The molecule has 1 aliphatic rings. The van der Waals surface area contributed by atoms with Gasteiger partial charge >= 0.3 is 5.97 Å². The summed E-state index contributed by atoms with van der Waals surface area (Å²) in [7, 11) is 0. The number of carbonyl (C=O) groups is 3. The molecule has 2 atom stereocenters. The number of Topliss-reactive ketones (excluding diaryl/α,β-unsaturated/α-hetero) is 1. The smallest absolute Gasteiger partial charge is 0.305 e. The first-order valence-electron chi connectivity index (χ1n) is 7.03. The molecule has 8 N–H and O–H groups in total. The third-order valence-corrected chi connectivity index (χ3v) is 5.43. The van der Waals surface area contributed by atoms with Crippen LogP contribution in [0.1, 0.15) is 41.0 Å². The Labute approximate surface area is 140 Å². The van der Waals surface area contributed by atoms with Gasteiger partial charge in [0.25, 0.3) is 0 Å². The molecule has 0 aliphatic carbocycles. The third-order valence-electron chi connectivity index (χ3n) is 3.91. The highest BCUT2D eigenvalue weighted by atomic mass is 32.2. The first-order valence-corrected chi connectivity index (χ1v) is 7.85. The summed E-state index contributed by atoms with van der Waals surface area (Å²) in [5, 5.41) is 11.5. The summed E-state index contributed by atoms with van der Waals surface area (Å²) >= 11 is 1.73. The molecular weight excluding hydrogens is 322 g/mol. The van der Waals surface area contributed by atoms with E-state index in [1.54, 1.807) is 11.8 Å². The number of carboxylic acid groups (broad SMARTS) is 1. The maximum Gasteiger partial charge on any atom is 0.305 e. The number of ketones is 1. The van der Waals surface area contributed by atoms with Crippen molar-refractivity contribution >= 4 is 29.4 Å².